The van der Waals surface area contributed by atoms with Crippen LogP contribution in [0.5, 0.6) is 11.5 Å². The SMILES string of the molecule is COc1ccc(OC)c([C@@H]2CN(C(=O)c3ccccc3C)C[C@H]2C(=O)NCCC(C)C)c1. The van der Waals surface area contributed by atoms with Gasteiger partial charge in [-0.25, -0.2) is 0 Å². The normalized spacial score (nSPS) is 18.0. The number of nitrogens with one attached hydrogen (secondary N) is 1. The molecule has 0 saturated carbocycles. The number of methoxy groups -OCH3 is 2. The maximum absolute atomic E-state index is 13.3. The van der Waals surface area contributed by atoms with E-state index in [0.29, 0.717) is 42.6 Å². The number of hydrogen-bond acceptors (Lipinski definition) is 4. The molecule has 0 aromatic heterocycles. The number of ether oxygens (including phenoxy) is 2. The summed E-state index contributed by atoms with van der Waals surface area (Å²) in [5.41, 5.74) is 2.48. The number of amides is 2. The number of carbonyl (C=O) groups excluding carboxylic acids is 2. The van der Waals surface area contributed by atoms with Gasteiger partial charge in [-0.3, -0.25) is 9.59 Å². The lowest BCUT2D eigenvalue weighted by atomic mass is 9.87. The molecule has 2 aromatic carbocycles. The number of carbonyl (C=O) groups is 2. The zero-order valence-corrected chi connectivity index (χ0v) is 19.7. The van der Waals surface area contributed by atoms with Crippen molar-refractivity contribution < 1.29 is 19.1 Å². The third-order valence-corrected chi connectivity index (χ3v) is 6.18. The molecule has 172 valence electrons. The van der Waals surface area contributed by atoms with E-state index in [1.807, 2.05) is 49.4 Å². The molecule has 0 aliphatic carbocycles. The molecular weight excluding hydrogens is 404 g/mol. The van der Waals surface area contributed by atoms with Crippen LogP contribution >= 0.6 is 0 Å². The minimum absolute atomic E-state index is 0.0272. The first-order valence-corrected chi connectivity index (χ1v) is 11.2. The predicted octanol–water partition coefficient (Wildman–Crippen LogP) is 4.03. The van der Waals surface area contributed by atoms with Gasteiger partial charge in [0.25, 0.3) is 5.91 Å². The number of hydrogen-bond donors (Lipinski definition) is 1. The topological polar surface area (TPSA) is 67.9 Å². The van der Waals surface area contributed by atoms with Crippen LogP contribution in [0.2, 0.25) is 0 Å². The molecule has 6 nitrogen and oxygen atoms in total. The molecule has 3 rings (SSSR count). The fourth-order valence-corrected chi connectivity index (χ4v) is 4.28. The summed E-state index contributed by atoms with van der Waals surface area (Å²) in [5, 5.41) is 3.08. The molecule has 1 aliphatic heterocycles. The molecule has 1 heterocycles. The van der Waals surface area contributed by atoms with Gasteiger partial charge in [0.1, 0.15) is 11.5 Å². The number of benzene rings is 2. The van der Waals surface area contributed by atoms with Crippen LogP contribution in [-0.4, -0.2) is 50.6 Å². The molecule has 1 N–H and O–H groups in total. The number of nitrogens with zero attached hydrogens (tertiary/aromatic N) is 1. The molecule has 1 aliphatic rings. The monoisotopic (exact) mass is 438 g/mol. The summed E-state index contributed by atoms with van der Waals surface area (Å²) in [6.45, 7) is 7.63. The molecule has 1 fully saturated rings. The van der Waals surface area contributed by atoms with Crippen LogP contribution in [0.25, 0.3) is 0 Å². The zero-order valence-electron chi connectivity index (χ0n) is 19.7. The average molecular weight is 439 g/mol. The lowest BCUT2D eigenvalue weighted by molar-refractivity contribution is -0.124. The van der Waals surface area contributed by atoms with Crippen molar-refractivity contribution in [2.24, 2.45) is 11.8 Å². The lowest BCUT2D eigenvalue weighted by Gasteiger charge is -2.21. The Bertz CT molecular complexity index is 957. The first kappa shape index (κ1) is 23.6. The van der Waals surface area contributed by atoms with Crippen molar-refractivity contribution in [2.45, 2.75) is 33.1 Å². The van der Waals surface area contributed by atoms with Crippen LogP contribution in [0.15, 0.2) is 42.5 Å². The number of rotatable bonds is 8. The molecule has 0 spiro atoms. The third kappa shape index (κ3) is 5.23. The van der Waals surface area contributed by atoms with Crippen LogP contribution in [0, 0.1) is 18.8 Å². The van der Waals surface area contributed by atoms with Crippen LogP contribution in [-0.2, 0) is 4.79 Å². The Balaban J connectivity index is 1.92. The van der Waals surface area contributed by atoms with Crippen LogP contribution < -0.4 is 14.8 Å². The first-order chi connectivity index (χ1) is 15.3. The summed E-state index contributed by atoms with van der Waals surface area (Å²) in [6.07, 6.45) is 0.914. The van der Waals surface area contributed by atoms with E-state index in [1.54, 1.807) is 19.1 Å². The molecule has 6 heteroatoms. The smallest absolute Gasteiger partial charge is 0.254 e. The van der Waals surface area contributed by atoms with Crippen molar-refractivity contribution in [1.29, 1.82) is 0 Å². The number of likely N-dealkylation sites (tertiary alicyclic amines) is 1. The lowest BCUT2D eigenvalue weighted by Crippen LogP contribution is -2.36. The number of aryl methyl sites for hydroxylation is 1. The molecule has 2 aromatic rings. The second kappa shape index (κ2) is 10.5. The van der Waals surface area contributed by atoms with Gasteiger partial charge in [0, 0.05) is 36.7 Å². The van der Waals surface area contributed by atoms with E-state index < -0.39 is 0 Å². The minimum atomic E-state index is -0.365. The van der Waals surface area contributed by atoms with E-state index in [9.17, 15) is 9.59 Å². The molecule has 2 amide bonds. The zero-order chi connectivity index (χ0) is 23.3. The van der Waals surface area contributed by atoms with Gasteiger partial charge in [0.05, 0.1) is 20.1 Å². The van der Waals surface area contributed by atoms with Gasteiger partial charge in [0.2, 0.25) is 5.91 Å². The highest BCUT2D eigenvalue weighted by molar-refractivity contribution is 5.96. The van der Waals surface area contributed by atoms with E-state index in [1.165, 1.54) is 0 Å². The second-order valence-corrected chi connectivity index (χ2v) is 8.82. The predicted molar refractivity (Wildman–Crippen MR) is 125 cm³/mol. The van der Waals surface area contributed by atoms with Crippen molar-refractivity contribution in [3.05, 3.63) is 59.2 Å². The van der Waals surface area contributed by atoms with E-state index in [2.05, 4.69) is 19.2 Å². The van der Waals surface area contributed by atoms with Crippen molar-refractivity contribution in [2.75, 3.05) is 33.9 Å². The largest absolute Gasteiger partial charge is 0.497 e. The summed E-state index contributed by atoms with van der Waals surface area (Å²) in [7, 11) is 3.23. The Labute approximate surface area is 190 Å². The van der Waals surface area contributed by atoms with Crippen molar-refractivity contribution in [3.63, 3.8) is 0 Å². The summed E-state index contributed by atoms with van der Waals surface area (Å²) in [4.78, 5) is 28.3. The maximum Gasteiger partial charge on any atom is 0.254 e. The van der Waals surface area contributed by atoms with Gasteiger partial charge in [-0.05, 0) is 49.1 Å². The standard InChI is InChI=1S/C26H34N2O4/c1-17(2)12-13-27-25(29)23-16-28(26(30)20-9-7-6-8-18(20)3)15-22(23)21-14-19(31-4)10-11-24(21)32-5/h6-11,14,17,22-23H,12-13,15-16H2,1-5H3,(H,27,29)/t22-,23+/m0/s1. The third-order valence-electron chi connectivity index (χ3n) is 6.18. The van der Waals surface area contributed by atoms with Gasteiger partial charge in [-0.2, -0.15) is 0 Å². The van der Waals surface area contributed by atoms with E-state index in [0.717, 1.165) is 17.5 Å². The molecule has 0 unspecified atom stereocenters. The first-order valence-electron chi connectivity index (χ1n) is 11.2. The van der Waals surface area contributed by atoms with Crippen LogP contribution in [0.1, 0.15) is 47.7 Å². The summed E-state index contributed by atoms with van der Waals surface area (Å²) in [6, 6.07) is 13.2. The molecule has 32 heavy (non-hydrogen) atoms. The molecule has 2 atom stereocenters. The minimum Gasteiger partial charge on any atom is -0.497 e. The van der Waals surface area contributed by atoms with Crippen molar-refractivity contribution >= 4 is 11.8 Å². The van der Waals surface area contributed by atoms with Gasteiger partial charge >= 0.3 is 0 Å². The highest BCUT2D eigenvalue weighted by Crippen LogP contribution is 2.40. The highest BCUT2D eigenvalue weighted by atomic mass is 16.5. The van der Waals surface area contributed by atoms with Crippen molar-refractivity contribution in [1.82, 2.24) is 10.2 Å². The Morgan fingerprint density at radius 1 is 1.09 bits per heavy atom. The molecular formula is C26H34N2O4. The van der Waals surface area contributed by atoms with Gasteiger partial charge in [-0.15, -0.1) is 0 Å². The average Bonchev–Trinajstić information content (AvgIpc) is 3.23. The fourth-order valence-electron chi connectivity index (χ4n) is 4.28. The van der Waals surface area contributed by atoms with Crippen LogP contribution in [0.3, 0.4) is 0 Å². The Morgan fingerprint density at radius 2 is 1.84 bits per heavy atom. The Kier molecular flexibility index (Phi) is 7.78. The summed E-state index contributed by atoms with van der Waals surface area (Å²) >= 11 is 0. The summed E-state index contributed by atoms with van der Waals surface area (Å²) in [5.74, 6) is 1.27. The van der Waals surface area contributed by atoms with Crippen LogP contribution in [0.4, 0.5) is 0 Å². The van der Waals surface area contributed by atoms with E-state index >= 15 is 0 Å². The fraction of sp³-hybridized carbons (Fsp3) is 0.462. The van der Waals surface area contributed by atoms with Gasteiger partial charge in [0.15, 0.2) is 0 Å². The summed E-state index contributed by atoms with van der Waals surface area (Å²) < 4.78 is 11.0. The Hall–Kier alpha value is -3.02. The van der Waals surface area contributed by atoms with Gasteiger partial charge in [-0.1, -0.05) is 32.0 Å². The molecule has 0 radical (unpaired) electrons. The highest BCUT2D eigenvalue weighted by Gasteiger charge is 2.42. The second-order valence-electron chi connectivity index (χ2n) is 8.82. The quantitative estimate of drug-likeness (QED) is 0.676. The maximum atomic E-state index is 13.3. The van der Waals surface area contributed by atoms with E-state index in [-0.39, 0.29) is 23.7 Å². The van der Waals surface area contributed by atoms with E-state index in [4.69, 9.17) is 9.47 Å². The molecule has 1 saturated heterocycles. The van der Waals surface area contributed by atoms with Crippen molar-refractivity contribution in [3.8, 4) is 11.5 Å². The molecule has 0 bridgehead atoms. The van der Waals surface area contributed by atoms with Gasteiger partial charge < -0.3 is 19.7 Å². The Morgan fingerprint density at radius 3 is 2.50 bits per heavy atom.